The Kier molecular flexibility index (Phi) is 6.77. The molecule has 0 radical (unpaired) electrons. The summed E-state index contributed by atoms with van der Waals surface area (Å²) >= 11 is 0. The minimum absolute atomic E-state index is 0.0214. The predicted octanol–water partition coefficient (Wildman–Crippen LogP) is 2.91. The molecular weight excluding hydrogens is 458 g/mol. The Morgan fingerprint density at radius 1 is 1.20 bits per heavy atom. The van der Waals surface area contributed by atoms with Crippen LogP contribution in [0.25, 0.3) is 11.0 Å². The lowest BCUT2D eigenvalue weighted by Crippen LogP contribution is -2.54. The molecule has 186 valence electrons. The smallest absolute Gasteiger partial charge is 0.411 e. The van der Waals surface area contributed by atoms with E-state index in [1.165, 1.54) is 12.1 Å². The van der Waals surface area contributed by atoms with Crippen LogP contribution in [0.5, 0.6) is 0 Å². The monoisotopic (exact) mass is 485 g/mol. The Hall–Kier alpha value is -3.89. The molecule has 1 saturated carbocycles. The number of carbonyl (C=O) groups excluding carboxylic acids is 4. The van der Waals surface area contributed by atoms with Crippen molar-refractivity contribution in [3.05, 3.63) is 40.2 Å². The van der Waals surface area contributed by atoms with Crippen molar-refractivity contribution in [3.63, 3.8) is 0 Å². The van der Waals surface area contributed by atoms with Crippen molar-refractivity contribution in [2.45, 2.75) is 51.7 Å². The molecule has 1 aromatic carbocycles. The van der Waals surface area contributed by atoms with Gasteiger partial charge in [0, 0.05) is 28.8 Å². The molecule has 35 heavy (non-hydrogen) atoms. The van der Waals surface area contributed by atoms with Crippen LogP contribution in [0, 0.1) is 5.92 Å². The lowest BCUT2D eigenvalue weighted by molar-refractivity contribution is -0.149. The van der Waals surface area contributed by atoms with Crippen molar-refractivity contribution in [2.24, 2.45) is 5.92 Å². The third-order valence-corrected chi connectivity index (χ3v) is 6.53. The molecule has 4 amide bonds. The number of carbonyl (C=O) groups is 4. The first-order valence-electron chi connectivity index (χ1n) is 11.5. The van der Waals surface area contributed by atoms with Crippen molar-refractivity contribution in [1.82, 2.24) is 10.2 Å². The van der Waals surface area contributed by atoms with Gasteiger partial charge >= 0.3 is 23.7 Å². The highest BCUT2D eigenvalue weighted by Gasteiger charge is 2.55. The van der Waals surface area contributed by atoms with Crippen molar-refractivity contribution < 1.29 is 33.1 Å². The second-order valence-electron chi connectivity index (χ2n) is 8.75. The van der Waals surface area contributed by atoms with E-state index < -0.39 is 41.7 Å². The van der Waals surface area contributed by atoms with Gasteiger partial charge in [0.25, 0.3) is 5.91 Å². The molecule has 11 heteroatoms. The summed E-state index contributed by atoms with van der Waals surface area (Å²) in [6.07, 6.45) is 2.54. The minimum Gasteiger partial charge on any atom is -0.459 e. The fourth-order valence-electron chi connectivity index (χ4n) is 4.68. The van der Waals surface area contributed by atoms with Crippen LogP contribution in [0.3, 0.4) is 0 Å². The number of urea groups is 1. The number of hydrogen-bond acceptors (Lipinski definition) is 8. The van der Waals surface area contributed by atoms with E-state index in [1.54, 1.807) is 19.1 Å². The number of ether oxygens (including phenoxy) is 2. The average molecular weight is 485 g/mol. The highest BCUT2D eigenvalue weighted by molar-refractivity contribution is 6.09. The number of anilines is 1. The van der Waals surface area contributed by atoms with Gasteiger partial charge in [-0.1, -0.05) is 19.8 Å². The zero-order valence-electron chi connectivity index (χ0n) is 19.5. The van der Waals surface area contributed by atoms with Gasteiger partial charge < -0.3 is 19.2 Å². The van der Waals surface area contributed by atoms with Gasteiger partial charge in [0.2, 0.25) is 0 Å². The number of amides is 4. The maximum Gasteiger partial charge on any atom is 0.411 e. The minimum atomic E-state index is -0.959. The number of benzene rings is 1. The molecule has 2 unspecified atom stereocenters. The largest absolute Gasteiger partial charge is 0.459 e. The van der Waals surface area contributed by atoms with Gasteiger partial charge in [-0.05, 0) is 37.8 Å². The predicted molar refractivity (Wildman–Crippen MR) is 124 cm³/mol. The van der Waals surface area contributed by atoms with Crippen LogP contribution in [0.4, 0.5) is 15.3 Å². The van der Waals surface area contributed by atoms with E-state index in [0.717, 1.165) is 24.2 Å². The molecule has 1 aliphatic heterocycles. The summed E-state index contributed by atoms with van der Waals surface area (Å²) in [6.45, 7) is 3.02. The van der Waals surface area contributed by atoms with Gasteiger partial charge in [-0.2, -0.15) is 0 Å². The van der Waals surface area contributed by atoms with Crippen LogP contribution in [-0.4, -0.2) is 47.6 Å². The number of nitrogens with zero attached hydrogens (tertiary/aromatic N) is 1. The first kappa shape index (κ1) is 24.2. The molecule has 4 rings (SSSR count). The molecule has 2 aromatic rings. The Morgan fingerprint density at radius 3 is 2.74 bits per heavy atom. The first-order valence-corrected chi connectivity index (χ1v) is 11.5. The molecule has 1 spiro atoms. The lowest BCUT2D eigenvalue weighted by Gasteiger charge is -2.36. The fourth-order valence-corrected chi connectivity index (χ4v) is 4.68. The lowest BCUT2D eigenvalue weighted by atomic mass is 9.73. The van der Waals surface area contributed by atoms with Crippen LogP contribution in [0.1, 0.15) is 45.1 Å². The van der Waals surface area contributed by atoms with E-state index in [-0.39, 0.29) is 24.7 Å². The first-order chi connectivity index (χ1) is 16.7. The van der Waals surface area contributed by atoms with Crippen molar-refractivity contribution in [2.75, 3.05) is 18.5 Å². The summed E-state index contributed by atoms with van der Waals surface area (Å²) in [7, 11) is 0. The van der Waals surface area contributed by atoms with E-state index in [0.29, 0.717) is 23.1 Å². The van der Waals surface area contributed by atoms with Crippen LogP contribution < -0.4 is 16.3 Å². The molecule has 2 aliphatic rings. The normalized spacial score (nSPS) is 21.8. The molecule has 1 aliphatic carbocycles. The van der Waals surface area contributed by atoms with Crippen LogP contribution in [-0.2, 0) is 25.7 Å². The van der Waals surface area contributed by atoms with Gasteiger partial charge in [-0.3, -0.25) is 19.8 Å². The Labute approximate surface area is 200 Å². The van der Waals surface area contributed by atoms with Crippen LogP contribution >= 0.6 is 0 Å². The van der Waals surface area contributed by atoms with Gasteiger partial charge in [0.15, 0.2) is 0 Å². The molecule has 0 bridgehead atoms. The van der Waals surface area contributed by atoms with E-state index in [4.69, 9.17) is 13.9 Å². The highest BCUT2D eigenvalue weighted by atomic mass is 16.5. The summed E-state index contributed by atoms with van der Waals surface area (Å²) < 4.78 is 15.3. The second kappa shape index (κ2) is 9.77. The van der Waals surface area contributed by atoms with Crippen LogP contribution in [0.2, 0.25) is 0 Å². The standard InChI is InChI=1S/C24H27N3O8/c1-3-33-23(32)25-16-7-8-17-15(10-19(28)35-18(17)11-16)13-34-20(29)12-27-21(30)24(26-22(27)31)9-5-4-6-14(24)2/h7-8,10-11,14H,3-6,9,12-13H2,1-2H3,(H,25,32)(H,26,31). The van der Waals surface area contributed by atoms with Gasteiger partial charge in [-0.15, -0.1) is 0 Å². The Bertz CT molecular complexity index is 1240. The van der Waals surface area contributed by atoms with Crippen LogP contribution in [0.15, 0.2) is 33.5 Å². The average Bonchev–Trinajstić information content (AvgIpc) is 3.04. The topological polar surface area (TPSA) is 144 Å². The molecule has 1 saturated heterocycles. The second-order valence-corrected chi connectivity index (χ2v) is 8.75. The summed E-state index contributed by atoms with van der Waals surface area (Å²) in [6, 6.07) is 5.24. The Morgan fingerprint density at radius 2 is 2.00 bits per heavy atom. The summed E-state index contributed by atoms with van der Waals surface area (Å²) in [5.74, 6) is -1.21. The highest BCUT2D eigenvalue weighted by Crippen LogP contribution is 2.38. The molecule has 1 aromatic heterocycles. The maximum absolute atomic E-state index is 13.0. The maximum atomic E-state index is 13.0. The van der Waals surface area contributed by atoms with Crippen molar-refractivity contribution >= 4 is 40.7 Å². The summed E-state index contributed by atoms with van der Waals surface area (Å²) in [4.78, 5) is 62.6. The summed E-state index contributed by atoms with van der Waals surface area (Å²) in [5, 5.41) is 5.81. The van der Waals surface area contributed by atoms with E-state index in [2.05, 4.69) is 10.6 Å². The SMILES string of the molecule is CCOC(=O)Nc1ccc2c(COC(=O)CN3C(=O)NC4(CCCCC4C)C3=O)cc(=O)oc2c1. The quantitative estimate of drug-likeness (QED) is 0.361. The van der Waals surface area contributed by atoms with Crippen molar-refractivity contribution in [1.29, 1.82) is 0 Å². The number of hydrogen-bond donors (Lipinski definition) is 2. The van der Waals surface area contributed by atoms with Gasteiger partial charge in [0.1, 0.15) is 24.3 Å². The van der Waals surface area contributed by atoms with Gasteiger partial charge in [0.05, 0.1) is 6.61 Å². The number of esters is 1. The zero-order valence-corrected chi connectivity index (χ0v) is 19.5. The zero-order chi connectivity index (χ0) is 25.2. The molecule has 11 nitrogen and oxygen atoms in total. The number of imide groups is 1. The number of nitrogens with one attached hydrogen (secondary N) is 2. The van der Waals surface area contributed by atoms with E-state index in [1.807, 2.05) is 6.92 Å². The Balaban J connectivity index is 1.44. The summed E-state index contributed by atoms with van der Waals surface area (Å²) in [5.41, 5.74) is -0.710. The van der Waals surface area contributed by atoms with E-state index in [9.17, 15) is 24.0 Å². The molecular formula is C24H27N3O8. The third kappa shape index (κ3) is 4.84. The number of fused-ring (bicyclic) bond motifs is 1. The third-order valence-electron chi connectivity index (χ3n) is 6.53. The van der Waals surface area contributed by atoms with E-state index >= 15 is 0 Å². The fraction of sp³-hybridized carbons (Fsp3) is 0.458. The molecule has 2 atom stereocenters. The van der Waals surface area contributed by atoms with Gasteiger partial charge in [-0.25, -0.2) is 14.4 Å². The molecule has 2 N–H and O–H groups in total. The molecule has 2 heterocycles. The van der Waals surface area contributed by atoms with Crippen molar-refractivity contribution in [3.8, 4) is 0 Å². The number of rotatable bonds is 6. The molecule has 2 fully saturated rings.